The predicted molar refractivity (Wildman–Crippen MR) is 70.3 cm³/mol. The molecule has 0 aliphatic rings. The van der Waals surface area contributed by atoms with Crippen molar-refractivity contribution in [2.24, 2.45) is 0 Å². The first kappa shape index (κ1) is 13.7. The highest BCUT2D eigenvalue weighted by Crippen LogP contribution is 2.13. The number of hydrogen-bond acceptors (Lipinski definition) is 2. The molecule has 1 unspecified atom stereocenters. The van der Waals surface area contributed by atoms with Crippen LogP contribution in [0.1, 0.15) is 25.8 Å². The van der Waals surface area contributed by atoms with Crippen LogP contribution in [-0.4, -0.2) is 11.4 Å². The zero-order valence-corrected chi connectivity index (χ0v) is 11.5. The molecule has 1 aromatic carbocycles. The van der Waals surface area contributed by atoms with Gasteiger partial charge in [-0.15, -0.1) is 0 Å². The van der Waals surface area contributed by atoms with Crippen LogP contribution in [-0.2, 0) is 11.2 Å². The summed E-state index contributed by atoms with van der Waals surface area (Å²) < 4.78 is 0.946. The van der Waals surface area contributed by atoms with E-state index in [9.17, 15) is 4.79 Å². The van der Waals surface area contributed by atoms with Crippen molar-refractivity contribution in [2.45, 2.75) is 32.2 Å². The van der Waals surface area contributed by atoms with Gasteiger partial charge < -0.3 is 5.32 Å². The van der Waals surface area contributed by atoms with E-state index in [2.05, 4.69) is 27.3 Å². The minimum atomic E-state index is -0.775. The molecule has 1 N–H and O–H groups in total. The van der Waals surface area contributed by atoms with Crippen LogP contribution in [0.3, 0.4) is 0 Å². The van der Waals surface area contributed by atoms with Crippen molar-refractivity contribution in [1.82, 2.24) is 5.32 Å². The van der Waals surface area contributed by atoms with Gasteiger partial charge in [0.1, 0.15) is 5.54 Å². The monoisotopic (exact) mass is 294 g/mol. The van der Waals surface area contributed by atoms with E-state index >= 15 is 0 Å². The molecular formula is C13H15BrN2O. The van der Waals surface area contributed by atoms with Crippen molar-refractivity contribution in [3.63, 3.8) is 0 Å². The molecule has 1 rings (SSSR count). The first-order valence-corrected chi connectivity index (χ1v) is 6.25. The van der Waals surface area contributed by atoms with Gasteiger partial charge in [-0.1, -0.05) is 35.0 Å². The van der Waals surface area contributed by atoms with Crippen LogP contribution >= 0.6 is 15.9 Å². The quantitative estimate of drug-likeness (QED) is 0.928. The van der Waals surface area contributed by atoms with Crippen molar-refractivity contribution in [3.8, 4) is 6.07 Å². The van der Waals surface area contributed by atoms with Crippen LogP contribution in [0.25, 0.3) is 0 Å². The summed E-state index contributed by atoms with van der Waals surface area (Å²) in [4.78, 5) is 11.8. The lowest BCUT2D eigenvalue weighted by atomic mass is 10.0. The third-order valence-electron chi connectivity index (χ3n) is 2.62. The van der Waals surface area contributed by atoms with Gasteiger partial charge in [0.05, 0.1) is 12.5 Å². The maximum atomic E-state index is 11.8. The van der Waals surface area contributed by atoms with Crippen LogP contribution in [0.5, 0.6) is 0 Å². The fourth-order valence-corrected chi connectivity index (χ4v) is 1.83. The Hall–Kier alpha value is -1.34. The van der Waals surface area contributed by atoms with E-state index in [1.807, 2.05) is 31.2 Å². The Balaban J connectivity index is 2.65. The molecule has 0 fully saturated rings. The number of nitrogens with zero attached hydrogens (tertiary/aromatic N) is 1. The number of nitrogens with one attached hydrogen (secondary N) is 1. The van der Waals surface area contributed by atoms with Gasteiger partial charge in [0, 0.05) is 4.47 Å². The number of carbonyl (C=O) groups is 1. The van der Waals surface area contributed by atoms with Gasteiger partial charge in [-0.3, -0.25) is 4.79 Å². The van der Waals surface area contributed by atoms with Crippen molar-refractivity contribution < 1.29 is 4.79 Å². The van der Waals surface area contributed by atoms with E-state index in [1.54, 1.807) is 6.92 Å². The minimum absolute atomic E-state index is 0.131. The number of hydrogen-bond donors (Lipinski definition) is 1. The SMILES string of the molecule is CCC(C)(C#N)NC(=O)Cc1cccc(Br)c1. The third kappa shape index (κ3) is 4.20. The third-order valence-corrected chi connectivity index (χ3v) is 3.12. The second-order valence-electron chi connectivity index (χ2n) is 4.15. The molecule has 0 heterocycles. The van der Waals surface area contributed by atoms with Gasteiger partial charge in [0.15, 0.2) is 0 Å². The molecule has 0 radical (unpaired) electrons. The topological polar surface area (TPSA) is 52.9 Å². The summed E-state index contributed by atoms with van der Waals surface area (Å²) >= 11 is 3.36. The van der Waals surface area contributed by atoms with E-state index in [0.29, 0.717) is 6.42 Å². The molecule has 0 saturated heterocycles. The highest BCUT2D eigenvalue weighted by molar-refractivity contribution is 9.10. The van der Waals surface area contributed by atoms with Gasteiger partial charge in [-0.2, -0.15) is 5.26 Å². The van der Waals surface area contributed by atoms with Crippen molar-refractivity contribution in [1.29, 1.82) is 5.26 Å². The Bertz CT molecular complexity index is 453. The minimum Gasteiger partial charge on any atom is -0.338 e. The number of carbonyl (C=O) groups excluding carboxylic acids is 1. The number of amides is 1. The highest BCUT2D eigenvalue weighted by atomic mass is 79.9. The maximum absolute atomic E-state index is 11.8. The van der Waals surface area contributed by atoms with Crippen LogP contribution in [0.4, 0.5) is 0 Å². The smallest absolute Gasteiger partial charge is 0.225 e. The van der Waals surface area contributed by atoms with Crippen LogP contribution < -0.4 is 5.32 Å². The van der Waals surface area contributed by atoms with E-state index in [1.165, 1.54) is 0 Å². The van der Waals surface area contributed by atoms with Gasteiger partial charge >= 0.3 is 0 Å². The predicted octanol–water partition coefficient (Wildman–Crippen LogP) is 2.80. The molecular weight excluding hydrogens is 280 g/mol. The number of benzene rings is 1. The summed E-state index contributed by atoms with van der Waals surface area (Å²) in [6.45, 7) is 3.61. The second kappa shape index (κ2) is 5.83. The number of rotatable bonds is 4. The maximum Gasteiger partial charge on any atom is 0.225 e. The summed E-state index contributed by atoms with van der Waals surface area (Å²) in [7, 11) is 0. The summed E-state index contributed by atoms with van der Waals surface area (Å²) in [5.41, 5.74) is 0.150. The van der Waals surface area contributed by atoms with E-state index in [0.717, 1.165) is 10.0 Å². The Morgan fingerprint density at radius 3 is 2.82 bits per heavy atom. The Morgan fingerprint density at radius 1 is 1.59 bits per heavy atom. The highest BCUT2D eigenvalue weighted by Gasteiger charge is 2.23. The molecule has 0 aliphatic carbocycles. The molecule has 4 heteroatoms. The summed E-state index contributed by atoms with van der Waals surface area (Å²) in [5, 5.41) is 11.7. The molecule has 17 heavy (non-hydrogen) atoms. The summed E-state index contributed by atoms with van der Waals surface area (Å²) in [6, 6.07) is 9.70. The lowest BCUT2D eigenvalue weighted by molar-refractivity contribution is -0.121. The van der Waals surface area contributed by atoms with E-state index in [-0.39, 0.29) is 12.3 Å². The molecule has 0 aliphatic heterocycles. The molecule has 0 saturated carbocycles. The Labute approximate surface area is 110 Å². The second-order valence-corrected chi connectivity index (χ2v) is 5.07. The van der Waals surface area contributed by atoms with Crippen LogP contribution in [0.2, 0.25) is 0 Å². The number of nitriles is 1. The van der Waals surface area contributed by atoms with Gasteiger partial charge in [-0.05, 0) is 31.0 Å². The van der Waals surface area contributed by atoms with Crippen molar-refractivity contribution in [2.75, 3.05) is 0 Å². The average molecular weight is 295 g/mol. The molecule has 0 aromatic heterocycles. The number of halogens is 1. The molecule has 1 amide bonds. The molecule has 1 aromatic rings. The van der Waals surface area contributed by atoms with E-state index in [4.69, 9.17) is 5.26 Å². The fraction of sp³-hybridized carbons (Fsp3) is 0.385. The van der Waals surface area contributed by atoms with Crippen LogP contribution in [0.15, 0.2) is 28.7 Å². The largest absolute Gasteiger partial charge is 0.338 e. The van der Waals surface area contributed by atoms with Gasteiger partial charge in [-0.25, -0.2) is 0 Å². The zero-order chi connectivity index (χ0) is 12.9. The first-order valence-electron chi connectivity index (χ1n) is 5.46. The van der Waals surface area contributed by atoms with Gasteiger partial charge in [0.2, 0.25) is 5.91 Å². The molecule has 1 atom stereocenters. The first-order chi connectivity index (χ1) is 7.99. The summed E-state index contributed by atoms with van der Waals surface area (Å²) in [5.74, 6) is -0.131. The van der Waals surface area contributed by atoms with Crippen LogP contribution in [0, 0.1) is 11.3 Å². The standard InChI is InChI=1S/C13H15BrN2O/c1-3-13(2,9-15)16-12(17)8-10-5-4-6-11(14)7-10/h4-7H,3,8H2,1-2H3,(H,16,17). The molecule has 0 bridgehead atoms. The average Bonchev–Trinajstić information content (AvgIpc) is 2.28. The molecule has 3 nitrogen and oxygen atoms in total. The lowest BCUT2D eigenvalue weighted by Gasteiger charge is -2.21. The van der Waals surface area contributed by atoms with Crippen molar-refractivity contribution in [3.05, 3.63) is 34.3 Å². The Morgan fingerprint density at radius 2 is 2.29 bits per heavy atom. The van der Waals surface area contributed by atoms with E-state index < -0.39 is 5.54 Å². The molecule has 0 spiro atoms. The normalized spacial score (nSPS) is 13.5. The Kier molecular flexibility index (Phi) is 4.71. The lowest BCUT2D eigenvalue weighted by Crippen LogP contribution is -2.44. The summed E-state index contributed by atoms with van der Waals surface area (Å²) in [6.07, 6.45) is 0.879. The molecule has 90 valence electrons. The van der Waals surface area contributed by atoms with Gasteiger partial charge in [0.25, 0.3) is 0 Å². The fourth-order valence-electron chi connectivity index (χ4n) is 1.38. The zero-order valence-electron chi connectivity index (χ0n) is 9.96. The van der Waals surface area contributed by atoms with Crippen molar-refractivity contribution >= 4 is 21.8 Å².